The van der Waals surface area contributed by atoms with Gasteiger partial charge in [-0.3, -0.25) is 0 Å². The molecule has 2 heterocycles. The molecule has 0 saturated carbocycles. The minimum Gasteiger partial charge on any atom is -0.457 e. The average molecular weight is 347 g/mol. The number of furan rings is 1. The molecule has 1 aliphatic heterocycles. The number of rotatable bonds is 3. The third-order valence-corrected chi connectivity index (χ3v) is 7.24. The first kappa shape index (κ1) is 14.9. The Kier molecular flexibility index (Phi) is 3.67. The van der Waals surface area contributed by atoms with Crippen molar-refractivity contribution < 1.29 is 9.15 Å². The van der Waals surface area contributed by atoms with Crippen LogP contribution in [0, 0.1) is 0 Å². The molecule has 0 radical (unpaired) electrons. The minimum absolute atomic E-state index is 0.417. The molecule has 5 rings (SSSR count). The highest BCUT2D eigenvalue weighted by atomic mass is 32.2. The molecule has 1 aliphatic rings. The molecule has 0 N–H and O–H groups in total. The zero-order valence-electron chi connectivity index (χ0n) is 13.9. The summed E-state index contributed by atoms with van der Waals surface area (Å²) in [5, 5.41) is 2.33. The number of ether oxygens (including phenoxy) is 1. The van der Waals surface area contributed by atoms with Gasteiger partial charge in [0.1, 0.15) is 34.2 Å². The predicted octanol–water partition coefficient (Wildman–Crippen LogP) is 6.15. The average Bonchev–Trinajstić information content (AvgIpc) is 3.30. The Morgan fingerprint density at radius 1 is 0.720 bits per heavy atom. The van der Waals surface area contributed by atoms with Gasteiger partial charge in [-0.25, -0.2) is 0 Å². The fourth-order valence-electron chi connectivity index (χ4n) is 3.49. The van der Waals surface area contributed by atoms with Crippen molar-refractivity contribution >= 4 is 32.8 Å². The quantitative estimate of drug-likeness (QED) is 0.415. The second-order valence-corrected chi connectivity index (χ2v) is 8.71. The van der Waals surface area contributed by atoms with E-state index in [0.717, 1.165) is 28.1 Å². The standard InChI is InChI=1S/C22H19O2S/c1-2-6-16(7-3-1)23-17-8-10-21-19(14-17)20-15-18(9-11-22(20)24-21)25-12-4-5-13-25/h1-3,6-11,14-15H,4-5,12-13H2/q+1. The highest BCUT2D eigenvalue weighted by Crippen LogP contribution is 2.35. The maximum absolute atomic E-state index is 6.02. The van der Waals surface area contributed by atoms with Crippen molar-refractivity contribution in [1.29, 1.82) is 0 Å². The first-order chi connectivity index (χ1) is 12.4. The molecule has 1 aromatic heterocycles. The third-order valence-electron chi connectivity index (χ3n) is 4.76. The van der Waals surface area contributed by atoms with Crippen molar-refractivity contribution in [3.63, 3.8) is 0 Å². The van der Waals surface area contributed by atoms with Crippen LogP contribution in [-0.2, 0) is 10.9 Å². The maximum Gasteiger partial charge on any atom is 0.155 e. The summed E-state index contributed by atoms with van der Waals surface area (Å²) in [6, 6.07) is 22.7. The Morgan fingerprint density at radius 2 is 1.44 bits per heavy atom. The third kappa shape index (κ3) is 2.79. The fraction of sp³-hybridized carbons (Fsp3) is 0.182. The summed E-state index contributed by atoms with van der Waals surface area (Å²) >= 11 is 0. The fourth-order valence-corrected chi connectivity index (χ4v) is 5.82. The monoisotopic (exact) mass is 347 g/mol. The maximum atomic E-state index is 6.02. The number of para-hydroxylation sites is 1. The van der Waals surface area contributed by atoms with Gasteiger partial charge < -0.3 is 9.15 Å². The van der Waals surface area contributed by atoms with Gasteiger partial charge in [-0.05, 0) is 55.3 Å². The molecule has 4 aromatic rings. The van der Waals surface area contributed by atoms with Crippen LogP contribution in [0.25, 0.3) is 21.9 Å². The molecule has 2 nitrogen and oxygen atoms in total. The normalized spacial score (nSPS) is 15.2. The molecule has 1 saturated heterocycles. The van der Waals surface area contributed by atoms with Gasteiger partial charge in [0.2, 0.25) is 0 Å². The Balaban J connectivity index is 1.58. The summed E-state index contributed by atoms with van der Waals surface area (Å²) < 4.78 is 12.0. The summed E-state index contributed by atoms with van der Waals surface area (Å²) in [6.07, 6.45) is 2.73. The van der Waals surface area contributed by atoms with Crippen LogP contribution in [0.1, 0.15) is 12.8 Å². The van der Waals surface area contributed by atoms with Gasteiger partial charge >= 0.3 is 0 Å². The van der Waals surface area contributed by atoms with Crippen molar-refractivity contribution in [2.45, 2.75) is 17.7 Å². The lowest BCUT2D eigenvalue weighted by molar-refractivity contribution is 0.483. The first-order valence-corrected chi connectivity index (χ1v) is 10.3. The lowest BCUT2D eigenvalue weighted by Crippen LogP contribution is -2.02. The molecule has 1 fully saturated rings. The van der Waals surface area contributed by atoms with E-state index in [0.29, 0.717) is 10.9 Å². The van der Waals surface area contributed by atoms with E-state index in [1.165, 1.54) is 34.6 Å². The van der Waals surface area contributed by atoms with E-state index in [2.05, 4.69) is 24.3 Å². The van der Waals surface area contributed by atoms with E-state index in [4.69, 9.17) is 9.15 Å². The van der Waals surface area contributed by atoms with Crippen LogP contribution in [0.15, 0.2) is 76.0 Å². The lowest BCUT2D eigenvalue weighted by atomic mass is 10.1. The second-order valence-electron chi connectivity index (χ2n) is 6.44. The van der Waals surface area contributed by atoms with E-state index in [-0.39, 0.29) is 0 Å². The van der Waals surface area contributed by atoms with Gasteiger partial charge in [0.25, 0.3) is 0 Å². The van der Waals surface area contributed by atoms with E-state index in [1.807, 2.05) is 42.5 Å². The van der Waals surface area contributed by atoms with Crippen LogP contribution >= 0.6 is 0 Å². The Morgan fingerprint density at radius 3 is 2.24 bits per heavy atom. The number of hydrogen-bond acceptors (Lipinski definition) is 2. The van der Waals surface area contributed by atoms with Crippen molar-refractivity contribution in [2.24, 2.45) is 0 Å². The largest absolute Gasteiger partial charge is 0.457 e. The summed E-state index contributed by atoms with van der Waals surface area (Å²) in [5.41, 5.74) is 1.88. The second kappa shape index (κ2) is 6.16. The van der Waals surface area contributed by atoms with E-state index in [9.17, 15) is 0 Å². The Bertz CT molecular complexity index is 1030. The summed E-state index contributed by atoms with van der Waals surface area (Å²) in [5.74, 6) is 4.37. The summed E-state index contributed by atoms with van der Waals surface area (Å²) in [6.45, 7) is 0. The molecule has 124 valence electrons. The molecule has 0 unspecified atom stereocenters. The molecular weight excluding hydrogens is 328 g/mol. The molecule has 0 atom stereocenters. The molecule has 25 heavy (non-hydrogen) atoms. The van der Waals surface area contributed by atoms with Crippen LogP contribution in [-0.4, -0.2) is 11.5 Å². The molecule has 0 bridgehead atoms. The smallest absolute Gasteiger partial charge is 0.155 e. The molecule has 3 heteroatoms. The van der Waals surface area contributed by atoms with Crippen molar-refractivity contribution in [1.82, 2.24) is 0 Å². The summed E-state index contributed by atoms with van der Waals surface area (Å²) in [4.78, 5) is 1.47. The van der Waals surface area contributed by atoms with Gasteiger partial charge in [-0.1, -0.05) is 18.2 Å². The van der Waals surface area contributed by atoms with Crippen LogP contribution in [0.3, 0.4) is 0 Å². The lowest BCUT2D eigenvalue weighted by Gasteiger charge is -2.05. The van der Waals surface area contributed by atoms with Crippen molar-refractivity contribution in [2.75, 3.05) is 11.5 Å². The van der Waals surface area contributed by atoms with Gasteiger partial charge in [0, 0.05) is 27.7 Å². The zero-order valence-corrected chi connectivity index (χ0v) is 14.7. The summed E-state index contributed by atoms with van der Waals surface area (Å²) in [7, 11) is 0.417. The zero-order chi connectivity index (χ0) is 16.6. The van der Waals surface area contributed by atoms with Crippen LogP contribution in [0.4, 0.5) is 0 Å². The van der Waals surface area contributed by atoms with Gasteiger partial charge in [0.05, 0.1) is 0 Å². The molecule has 0 amide bonds. The molecule has 0 aliphatic carbocycles. The van der Waals surface area contributed by atoms with Crippen LogP contribution in [0.2, 0.25) is 0 Å². The van der Waals surface area contributed by atoms with Crippen molar-refractivity contribution in [3.8, 4) is 11.5 Å². The van der Waals surface area contributed by atoms with E-state index < -0.39 is 0 Å². The highest BCUT2D eigenvalue weighted by molar-refractivity contribution is 7.97. The molecule has 3 aromatic carbocycles. The van der Waals surface area contributed by atoms with Crippen LogP contribution in [0.5, 0.6) is 11.5 Å². The van der Waals surface area contributed by atoms with Crippen molar-refractivity contribution in [3.05, 3.63) is 66.7 Å². The van der Waals surface area contributed by atoms with Gasteiger partial charge in [0.15, 0.2) is 4.90 Å². The van der Waals surface area contributed by atoms with Crippen LogP contribution < -0.4 is 4.74 Å². The van der Waals surface area contributed by atoms with Gasteiger partial charge in [-0.2, -0.15) is 0 Å². The topological polar surface area (TPSA) is 22.4 Å². The first-order valence-electron chi connectivity index (χ1n) is 8.73. The van der Waals surface area contributed by atoms with E-state index >= 15 is 0 Å². The SMILES string of the molecule is c1ccc(Oc2ccc3oc4ccc([S+]5CCCC5)cc4c3c2)cc1. The Hall–Kier alpha value is -2.39. The predicted molar refractivity (Wildman–Crippen MR) is 105 cm³/mol. The molecular formula is C22H19O2S+. The number of hydrogen-bond donors (Lipinski definition) is 0. The highest BCUT2D eigenvalue weighted by Gasteiger charge is 2.27. The van der Waals surface area contributed by atoms with E-state index in [1.54, 1.807) is 0 Å². The number of benzene rings is 3. The minimum atomic E-state index is 0.417. The Labute approximate surface area is 149 Å². The molecule has 0 spiro atoms. The van der Waals surface area contributed by atoms with Gasteiger partial charge in [-0.15, -0.1) is 0 Å². The number of fused-ring (bicyclic) bond motifs is 3.